The molecule has 78 valence electrons. The molecule has 0 atom stereocenters. The van der Waals surface area contributed by atoms with E-state index < -0.39 is 0 Å². The molecule has 0 aliphatic heterocycles. The molecule has 0 spiro atoms. The average Bonchev–Trinajstić information content (AvgIpc) is 2.58. The van der Waals surface area contributed by atoms with Crippen LogP contribution in [-0.2, 0) is 6.54 Å². The molecule has 0 bridgehead atoms. The lowest BCUT2D eigenvalue weighted by Gasteiger charge is -2.06. The van der Waals surface area contributed by atoms with Gasteiger partial charge >= 0.3 is 0 Å². The third-order valence-corrected chi connectivity index (χ3v) is 2.80. The second-order valence-electron chi connectivity index (χ2n) is 3.51. The van der Waals surface area contributed by atoms with Crippen molar-refractivity contribution in [2.24, 2.45) is 0 Å². The van der Waals surface area contributed by atoms with Crippen LogP contribution in [0, 0.1) is 6.92 Å². The minimum absolute atomic E-state index is 0.558. The normalized spacial score (nSPS) is 10.5. The van der Waals surface area contributed by atoms with Gasteiger partial charge in [-0.3, -0.25) is 4.68 Å². The lowest BCUT2D eigenvalue weighted by molar-refractivity contribution is 0.687. The van der Waals surface area contributed by atoms with Gasteiger partial charge in [-0.05, 0) is 36.2 Å². The molecule has 0 saturated carbocycles. The Labute approximate surface area is 97.0 Å². The van der Waals surface area contributed by atoms with Gasteiger partial charge < -0.3 is 5.73 Å². The van der Waals surface area contributed by atoms with Gasteiger partial charge in [0.25, 0.3) is 0 Å². The summed E-state index contributed by atoms with van der Waals surface area (Å²) in [5.41, 5.74) is 8.06. The fraction of sp³-hybridized carbons (Fsp3) is 0.182. The molecule has 0 amide bonds. The van der Waals surface area contributed by atoms with Gasteiger partial charge in [0, 0.05) is 10.7 Å². The number of hydrogen-bond acceptors (Lipinski definition) is 2. The second kappa shape index (κ2) is 4.06. The number of halogens is 1. The number of aromatic nitrogens is 2. The number of anilines is 1. The highest BCUT2D eigenvalue weighted by molar-refractivity contribution is 9.10. The van der Waals surface area contributed by atoms with Crippen LogP contribution in [0.3, 0.4) is 0 Å². The van der Waals surface area contributed by atoms with E-state index in [1.54, 1.807) is 6.07 Å². The van der Waals surface area contributed by atoms with Crippen LogP contribution in [0.4, 0.5) is 5.82 Å². The number of rotatable bonds is 2. The first kappa shape index (κ1) is 10.2. The van der Waals surface area contributed by atoms with E-state index in [1.165, 1.54) is 11.1 Å². The van der Waals surface area contributed by atoms with Gasteiger partial charge in [-0.25, -0.2) is 0 Å². The van der Waals surface area contributed by atoms with Crippen LogP contribution in [0.2, 0.25) is 0 Å². The Balaban J connectivity index is 2.27. The van der Waals surface area contributed by atoms with E-state index in [0.29, 0.717) is 5.82 Å². The van der Waals surface area contributed by atoms with E-state index in [1.807, 2.05) is 16.9 Å². The van der Waals surface area contributed by atoms with Gasteiger partial charge in [-0.2, -0.15) is 5.10 Å². The van der Waals surface area contributed by atoms with E-state index in [4.69, 9.17) is 5.73 Å². The third kappa shape index (κ3) is 2.39. The lowest BCUT2D eigenvalue weighted by atomic mass is 10.1. The highest BCUT2D eigenvalue weighted by Gasteiger charge is 2.01. The summed E-state index contributed by atoms with van der Waals surface area (Å²) in [5, 5.41) is 4.16. The molecule has 0 unspecified atom stereocenters. The Hall–Kier alpha value is -1.29. The van der Waals surface area contributed by atoms with E-state index in [0.717, 1.165) is 11.0 Å². The van der Waals surface area contributed by atoms with Gasteiger partial charge in [0.1, 0.15) is 5.82 Å². The van der Waals surface area contributed by atoms with Crippen molar-refractivity contribution in [1.82, 2.24) is 9.78 Å². The summed E-state index contributed by atoms with van der Waals surface area (Å²) in [4.78, 5) is 0. The third-order valence-electron chi connectivity index (χ3n) is 2.30. The average molecular weight is 266 g/mol. The Morgan fingerprint density at radius 2 is 2.20 bits per heavy atom. The van der Waals surface area contributed by atoms with Gasteiger partial charge in [-0.15, -0.1) is 0 Å². The van der Waals surface area contributed by atoms with Crippen LogP contribution in [0.25, 0.3) is 0 Å². The largest absolute Gasteiger partial charge is 0.382 e. The standard InChI is InChI=1S/C11H12BrN3/c1-8-2-3-10(12)6-9(8)7-15-5-4-11(13)14-15/h2-6H,7H2,1H3,(H2,13,14). The van der Waals surface area contributed by atoms with E-state index in [-0.39, 0.29) is 0 Å². The molecule has 1 heterocycles. The quantitative estimate of drug-likeness (QED) is 0.907. The molecule has 0 fully saturated rings. The summed E-state index contributed by atoms with van der Waals surface area (Å²) in [7, 11) is 0. The van der Waals surface area contributed by atoms with Crippen molar-refractivity contribution >= 4 is 21.7 Å². The van der Waals surface area contributed by atoms with E-state index in [2.05, 4.69) is 40.1 Å². The molecule has 0 radical (unpaired) electrons. The van der Waals surface area contributed by atoms with E-state index in [9.17, 15) is 0 Å². The molecule has 3 nitrogen and oxygen atoms in total. The molecule has 4 heteroatoms. The molecule has 0 aliphatic rings. The summed E-state index contributed by atoms with van der Waals surface area (Å²) in [6, 6.07) is 8.03. The summed E-state index contributed by atoms with van der Waals surface area (Å²) < 4.78 is 2.92. The first-order valence-electron chi connectivity index (χ1n) is 4.69. The Bertz CT molecular complexity index is 476. The van der Waals surface area contributed by atoms with Gasteiger partial charge in [0.05, 0.1) is 6.54 Å². The molecular formula is C11H12BrN3. The topological polar surface area (TPSA) is 43.8 Å². The Morgan fingerprint density at radius 1 is 1.40 bits per heavy atom. The zero-order valence-electron chi connectivity index (χ0n) is 8.44. The van der Waals surface area contributed by atoms with Crippen LogP contribution < -0.4 is 5.73 Å². The predicted octanol–water partition coefficient (Wildman–Crippen LogP) is 2.58. The second-order valence-corrected chi connectivity index (χ2v) is 4.42. The summed E-state index contributed by atoms with van der Waals surface area (Å²) >= 11 is 3.46. The fourth-order valence-corrected chi connectivity index (χ4v) is 1.86. The van der Waals surface area contributed by atoms with Crippen molar-refractivity contribution in [3.63, 3.8) is 0 Å². The molecule has 1 aromatic carbocycles. The number of aryl methyl sites for hydroxylation is 1. The molecule has 0 saturated heterocycles. The van der Waals surface area contributed by atoms with E-state index >= 15 is 0 Å². The smallest absolute Gasteiger partial charge is 0.145 e. The van der Waals surface area contributed by atoms with Crippen LogP contribution >= 0.6 is 15.9 Å². The van der Waals surface area contributed by atoms with Crippen molar-refractivity contribution in [2.75, 3.05) is 5.73 Å². The molecule has 2 aromatic rings. The van der Waals surface area contributed by atoms with Crippen LogP contribution in [-0.4, -0.2) is 9.78 Å². The van der Waals surface area contributed by atoms with Gasteiger partial charge in [0.15, 0.2) is 0 Å². The van der Waals surface area contributed by atoms with Crippen molar-refractivity contribution in [3.05, 3.63) is 46.1 Å². The summed E-state index contributed by atoms with van der Waals surface area (Å²) in [6.07, 6.45) is 1.88. The van der Waals surface area contributed by atoms with Crippen LogP contribution in [0.15, 0.2) is 34.9 Å². The first-order valence-corrected chi connectivity index (χ1v) is 5.48. The van der Waals surface area contributed by atoms with Crippen molar-refractivity contribution in [3.8, 4) is 0 Å². The molecule has 2 N–H and O–H groups in total. The van der Waals surface area contributed by atoms with Gasteiger partial charge in [0.2, 0.25) is 0 Å². The van der Waals surface area contributed by atoms with Crippen LogP contribution in [0.1, 0.15) is 11.1 Å². The predicted molar refractivity (Wildman–Crippen MR) is 64.6 cm³/mol. The van der Waals surface area contributed by atoms with Crippen LogP contribution in [0.5, 0.6) is 0 Å². The highest BCUT2D eigenvalue weighted by Crippen LogP contribution is 2.17. The zero-order chi connectivity index (χ0) is 10.8. The molecule has 1 aromatic heterocycles. The highest BCUT2D eigenvalue weighted by atomic mass is 79.9. The summed E-state index contributed by atoms with van der Waals surface area (Å²) in [5.74, 6) is 0.558. The maximum atomic E-state index is 5.56. The minimum Gasteiger partial charge on any atom is -0.382 e. The minimum atomic E-state index is 0.558. The number of nitrogens with two attached hydrogens (primary N) is 1. The lowest BCUT2D eigenvalue weighted by Crippen LogP contribution is -2.02. The SMILES string of the molecule is Cc1ccc(Br)cc1Cn1ccc(N)n1. The number of nitrogens with zero attached hydrogens (tertiary/aromatic N) is 2. The molecular weight excluding hydrogens is 254 g/mol. The maximum absolute atomic E-state index is 5.56. The van der Waals surface area contributed by atoms with Crippen molar-refractivity contribution in [1.29, 1.82) is 0 Å². The Morgan fingerprint density at radius 3 is 2.87 bits per heavy atom. The molecule has 15 heavy (non-hydrogen) atoms. The maximum Gasteiger partial charge on any atom is 0.145 e. The monoisotopic (exact) mass is 265 g/mol. The molecule has 2 rings (SSSR count). The van der Waals surface area contributed by atoms with Crippen molar-refractivity contribution in [2.45, 2.75) is 13.5 Å². The van der Waals surface area contributed by atoms with Gasteiger partial charge in [-0.1, -0.05) is 22.0 Å². The first-order chi connectivity index (χ1) is 7.15. The number of hydrogen-bond donors (Lipinski definition) is 1. The fourth-order valence-electron chi connectivity index (χ4n) is 1.45. The molecule has 0 aliphatic carbocycles. The Kier molecular flexibility index (Phi) is 2.77. The number of benzene rings is 1. The zero-order valence-corrected chi connectivity index (χ0v) is 10.0. The summed E-state index contributed by atoms with van der Waals surface area (Å²) in [6.45, 7) is 2.84. The number of nitrogen functional groups attached to an aromatic ring is 1. The van der Waals surface area contributed by atoms with Crippen molar-refractivity contribution < 1.29 is 0 Å².